The molecule has 0 atom stereocenters. The van der Waals surface area contributed by atoms with Crippen molar-refractivity contribution >= 4 is 57.3 Å². The van der Waals surface area contributed by atoms with Crippen molar-refractivity contribution in [3.8, 4) is 11.5 Å². The van der Waals surface area contributed by atoms with Crippen LogP contribution in [0.3, 0.4) is 0 Å². The van der Waals surface area contributed by atoms with Crippen molar-refractivity contribution in [1.82, 2.24) is 29.9 Å². The molecule has 0 radical (unpaired) electrons. The maximum absolute atomic E-state index is 10.6. The van der Waals surface area contributed by atoms with E-state index in [1.807, 2.05) is 0 Å². The monoisotopic (exact) mass is 560 g/mol. The lowest BCUT2D eigenvalue weighted by molar-refractivity contribution is 0.475. The largest absolute Gasteiger partial charge is 0.504 e. The van der Waals surface area contributed by atoms with Gasteiger partial charge in [0.15, 0.2) is 45.6 Å². The van der Waals surface area contributed by atoms with Crippen molar-refractivity contribution in [1.29, 1.82) is 0 Å². The van der Waals surface area contributed by atoms with Gasteiger partial charge in [0, 0.05) is 36.9 Å². The second kappa shape index (κ2) is 12.8. The van der Waals surface area contributed by atoms with Crippen LogP contribution >= 0.6 is 23.2 Å². The SMILES string of the molecule is Nc1ncc(Cl)cc1O.Nc1ncccc1O.O=c1[nH]c2ncc(Cl)cc2o1.O=c1[nH]c2ncccc2o1. The highest BCUT2D eigenvalue weighted by atomic mass is 35.5. The number of H-pyrrole nitrogens is 2. The minimum Gasteiger partial charge on any atom is -0.504 e. The molecule has 6 heterocycles. The zero-order chi connectivity index (χ0) is 27.7. The molecule has 0 aliphatic carbocycles. The predicted octanol–water partition coefficient (Wildman–Crippen LogP) is 3.08. The number of aromatic hydroxyl groups is 2. The van der Waals surface area contributed by atoms with Gasteiger partial charge in [0.05, 0.1) is 10.0 Å². The molecule has 6 aromatic heterocycles. The van der Waals surface area contributed by atoms with E-state index in [0.29, 0.717) is 32.5 Å². The highest BCUT2D eigenvalue weighted by Crippen LogP contribution is 2.20. The number of halogens is 2. The molecule has 0 unspecified atom stereocenters. The van der Waals surface area contributed by atoms with Gasteiger partial charge in [-0.1, -0.05) is 23.2 Å². The first-order valence-corrected chi connectivity index (χ1v) is 11.0. The fourth-order valence-electron chi connectivity index (χ4n) is 2.45. The van der Waals surface area contributed by atoms with Crippen LogP contribution in [0.5, 0.6) is 11.5 Å². The molecule has 0 amide bonds. The second-order valence-corrected chi connectivity index (χ2v) is 7.72. The van der Waals surface area contributed by atoms with Crippen molar-refractivity contribution in [2.24, 2.45) is 0 Å². The highest BCUT2D eigenvalue weighted by molar-refractivity contribution is 6.31. The van der Waals surface area contributed by atoms with Gasteiger partial charge in [0.25, 0.3) is 0 Å². The lowest BCUT2D eigenvalue weighted by Gasteiger charge is -1.94. The summed E-state index contributed by atoms with van der Waals surface area (Å²) in [6.45, 7) is 0. The molecule has 14 nitrogen and oxygen atoms in total. The number of nitrogens with zero attached hydrogens (tertiary/aromatic N) is 4. The third kappa shape index (κ3) is 7.97. The highest BCUT2D eigenvalue weighted by Gasteiger charge is 2.01. The van der Waals surface area contributed by atoms with Crippen LogP contribution in [0.25, 0.3) is 22.5 Å². The lowest BCUT2D eigenvalue weighted by atomic mass is 10.4. The molecule has 6 rings (SSSR count). The van der Waals surface area contributed by atoms with Crippen molar-refractivity contribution in [3.05, 3.63) is 92.3 Å². The number of oxazole rings is 2. The Balaban J connectivity index is 0.000000141. The summed E-state index contributed by atoms with van der Waals surface area (Å²) in [5.41, 5.74) is 12.1. The molecule has 6 aromatic rings. The average Bonchev–Trinajstić information content (AvgIpc) is 3.44. The number of pyridine rings is 4. The van der Waals surface area contributed by atoms with Crippen LogP contribution in [0, 0.1) is 0 Å². The van der Waals surface area contributed by atoms with Crippen molar-refractivity contribution in [2.45, 2.75) is 0 Å². The quantitative estimate of drug-likeness (QED) is 0.157. The topological polar surface area (TPSA) is 236 Å². The summed E-state index contributed by atoms with van der Waals surface area (Å²) < 4.78 is 9.38. The van der Waals surface area contributed by atoms with E-state index in [-0.39, 0.29) is 23.1 Å². The van der Waals surface area contributed by atoms with Crippen molar-refractivity contribution in [3.63, 3.8) is 0 Å². The molecule has 0 saturated carbocycles. The molecule has 16 heteroatoms. The smallest absolute Gasteiger partial charge is 0.418 e. The zero-order valence-corrected chi connectivity index (χ0v) is 20.5. The Hall–Kier alpha value is -5.08. The Kier molecular flexibility index (Phi) is 9.23. The number of rotatable bonds is 0. The molecule has 8 N–H and O–H groups in total. The normalized spacial score (nSPS) is 9.95. The predicted molar refractivity (Wildman–Crippen MR) is 140 cm³/mol. The van der Waals surface area contributed by atoms with Crippen LogP contribution in [0.1, 0.15) is 0 Å². The van der Waals surface area contributed by atoms with Gasteiger partial charge in [-0.2, -0.15) is 0 Å². The van der Waals surface area contributed by atoms with E-state index < -0.39 is 11.5 Å². The van der Waals surface area contributed by atoms with E-state index >= 15 is 0 Å². The molecular formula is C22H18Cl2N8O6. The molecule has 0 aliphatic heterocycles. The Labute approximate surface area is 221 Å². The fraction of sp³-hybridized carbons (Fsp3) is 0. The Morgan fingerprint density at radius 2 is 1.26 bits per heavy atom. The Bertz CT molecular complexity index is 1710. The summed E-state index contributed by atoms with van der Waals surface area (Å²) in [6, 6.07) is 9.36. The molecule has 0 aliphatic rings. The second-order valence-electron chi connectivity index (χ2n) is 6.85. The van der Waals surface area contributed by atoms with Crippen LogP contribution < -0.4 is 23.0 Å². The van der Waals surface area contributed by atoms with Gasteiger partial charge in [-0.05, 0) is 24.3 Å². The minimum atomic E-state index is -0.519. The van der Waals surface area contributed by atoms with Crippen molar-refractivity contribution < 1.29 is 19.0 Å². The minimum absolute atomic E-state index is 0.0347. The number of nitrogens with two attached hydrogens (primary N) is 2. The van der Waals surface area contributed by atoms with E-state index in [0.717, 1.165) is 0 Å². The molecule has 0 fully saturated rings. The lowest BCUT2D eigenvalue weighted by Crippen LogP contribution is -1.93. The van der Waals surface area contributed by atoms with Crippen LogP contribution in [-0.2, 0) is 0 Å². The van der Waals surface area contributed by atoms with Crippen LogP contribution in [0.2, 0.25) is 10.0 Å². The van der Waals surface area contributed by atoms with E-state index in [1.165, 1.54) is 36.8 Å². The van der Waals surface area contributed by atoms with Crippen molar-refractivity contribution in [2.75, 3.05) is 11.5 Å². The van der Waals surface area contributed by atoms with Gasteiger partial charge in [-0.3, -0.25) is 9.97 Å². The molecule has 196 valence electrons. The number of nitrogens with one attached hydrogen (secondary N) is 2. The van der Waals surface area contributed by atoms with Gasteiger partial charge in [0.1, 0.15) is 0 Å². The first kappa shape index (κ1) is 27.5. The van der Waals surface area contributed by atoms with E-state index in [1.54, 1.807) is 24.4 Å². The van der Waals surface area contributed by atoms with Crippen LogP contribution in [0.4, 0.5) is 11.6 Å². The summed E-state index contributed by atoms with van der Waals surface area (Å²) in [5, 5.41) is 18.4. The van der Waals surface area contributed by atoms with Gasteiger partial charge in [-0.25, -0.2) is 29.5 Å². The molecule has 38 heavy (non-hydrogen) atoms. The Morgan fingerprint density at radius 3 is 1.84 bits per heavy atom. The fourth-order valence-corrected chi connectivity index (χ4v) is 2.75. The molecule has 0 spiro atoms. The zero-order valence-electron chi connectivity index (χ0n) is 19.0. The number of hydrogen-bond donors (Lipinski definition) is 6. The molecule has 0 bridgehead atoms. The average molecular weight is 561 g/mol. The third-order valence-corrected chi connectivity index (χ3v) is 4.53. The van der Waals surface area contributed by atoms with Gasteiger partial charge in [0.2, 0.25) is 0 Å². The number of aromatic nitrogens is 6. The molecular weight excluding hydrogens is 543 g/mol. The van der Waals surface area contributed by atoms with Gasteiger partial charge in [-0.15, -0.1) is 0 Å². The van der Waals surface area contributed by atoms with E-state index in [2.05, 4.69) is 29.9 Å². The Morgan fingerprint density at radius 1 is 0.711 bits per heavy atom. The van der Waals surface area contributed by atoms with E-state index in [4.69, 9.17) is 53.7 Å². The van der Waals surface area contributed by atoms with Crippen LogP contribution in [0.15, 0.2) is 79.6 Å². The third-order valence-electron chi connectivity index (χ3n) is 4.12. The summed E-state index contributed by atoms with van der Waals surface area (Å²) in [4.78, 5) is 40.8. The standard InChI is InChI=1S/C6H3ClN2O2.C6H4N2O2.C5H5ClN2O.C5H6N2O/c7-3-1-4-5(8-2-3)9-6(10)11-4;9-6-8-5-4(10-6)2-1-3-7-5;6-3-1-4(9)5(7)8-2-3;6-5-4(8)2-1-3-7-5/h1-2H,(H,8,9,10);1-3H,(H,7,8,9);1-2,9H,(H2,7,8);1-3,8H,(H2,6,7). The number of fused-ring (bicyclic) bond motifs is 2. The maximum Gasteiger partial charge on any atom is 0.418 e. The van der Waals surface area contributed by atoms with Crippen LogP contribution in [-0.4, -0.2) is 40.1 Å². The van der Waals surface area contributed by atoms with Gasteiger partial charge >= 0.3 is 11.5 Å². The number of hydrogen-bond acceptors (Lipinski definition) is 12. The number of aromatic amines is 2. The number of nitrogen functional groups attached to an aromatic ring is 2. The molecule has 0 aromatic carbocycles. The summed E-state index contributed by atoms with van der Waals surface area (Å²) >= 11 is 11.0. The summed E-state index contributed by atoms with van der Waals surface area (Å²) in [6.07, 6.45) is 5.93. The maximum atomic E-state index is 10.6. The summed E-state index contributed by atoms with van der Waals surface area (Å²) in [7, 11) is 0. The van der Waals surface area contributed by atoms with E-state index in [9.17, 15) is 9.59 Å². The van der Waals surface area contributed by atoms with Gasteiger partial charge < -0.3 is 30.5 Å². The number of anilines is 2. The summed E-state index contributed by atoms with van der Waals surface area (Å²) in [5.74, 6) is -0.759. The first-order valence-electron chi connectivity index (χ1n) is 10.2. The first-order chi connectivity index (χ1) is 18.1. The molecule has 0 saturated heterocycles.